The zero-order valence-electron chi connectivity index (χ0n) is 24.2. The van der Waals surface area contributed by atoms with Crippen LogP contribution in [-0.4, -0.2) is 26.9 Å². The number of rotatable bonds is 10. The molecular formula is C33H43ClFNO3. The van der Waals surface area contributed by atoms with Crippen LogP contribution in [0.15, 0.2) is 60.7 Å². The molecule has 3 aromatic rings. The molecule has 0 aliphatic carbocycles. The van der Waals surface area contributed by atoms with E-state index in [1.807, 2.05) is 75.4 Å². The van der Waals surface area contributed by atoms with Crippen LogP contribution in [0.1, 0.15) is 69.2 Å². The van der Waals surface area contributed by atoms with Crippen LogP contribution in [0, 0.1) is 6.92 Å². The van der Waals surface area contributed by atoms with Gasteiger partial charge in [0.05, 0.1) is 20.3 Å². The Morgan fingerprint density at radius 2 is 1.69 bits per heavy atom. The van der Waals surface area contributed by atoms with E-state index in [1.54, 1.807) is 14.0 Å². The lowest BCUT2D eigenvalue weighted by Gasteiger charge is -2.39. The summed E-state index contributed by atoms with van der Waals surface area (Å²) in [5.41, 5.74) is 3.16. The molecule has 0 aromatic heterocycles. The van der Waals surface area contributed by atoms with Crippen LogP contribution in [0.5, 0.6) is 11.5 Å². The van der Waals surface area contributed by atoms with Gasteiger partial charge in [-0.25, -0.2) is 4.39 Å². The van der Waals surface area contributed by atoms with E-state index in [4.69, 9.17) is 25.8 Å². The number of nitrogens with one attached hydrogen (secondary N) is 1. The predicted molar refractivity (Wildman–Crippen MR) is 160 cm³/mol. The smallest absolute Gasteiger partial charge is 0.142 e. The van der Waals surface area contributed by atoms with E-state index < -0.39 is 11.3 Å². The van der Waals surface area contributed by atoms with E-state index in [0.717, 1.165) is 59.7 Å². The van der Waals surface area contributed by atoms with Crippen molar-refractivity contribution in [3.63, 3.8) is 0 Å². The van der Waals surface area contributed by atoms with Gasteiger partial charge in [0.15, 0.2) is 0 Å². The molecule has 4 nitrogen and oxygen atoms in total. The van der Waals surface area contributed by atoms with Gasteiger partial charge >= 0.3 is 0 Å². The molecular weight excluding hydrogens is 513 g/mol. The maximum atomic E-state index is 14.5. The number of aryl methyl sites for hydroxylation is 1. The molecule has 0 saturated carbocycles. The first-order valence-electron chi connectivity index (χ1n) is 14.0. The lowest BCUT2D eigenvalue weighted by molar-refractivity contribution is -0.0514. The molecule has 1 aliphatic rings. The summed E-state index contributed by atoms with van der Waals surface area (Å²) in [6, 6.07) is 19.7. The van der Waals surface area contributed by atoms with E-state index in [0.29, 0.717) is 24.7 Å². The number of hydrogen-bond acceptors (Lipinski definition) is 4. The molecule has 1 atom stereocenters. The maximum absolute atomic E-state index is 14.5. The second kappa shape index (κ2) is 14.0. The first-order chi connectivity index (χ1) is 18.8. The highest BCUT2D eigenvalue weighted by Crippen LogP contribution is 2.43. The Morgan fingerprint density at radius 3 is 2.31 bits per heavy atom. The molecule has 0 bridgehead atoms. The van der Waals surface area contributed by atoms with Crippen LogP contribution in [0.4, 0.5) is 10.1 Å². The lowest BCUT2D eigenvalue weighted by atomic mass is 9.85. The maximum Gasteiger partial charge on any atom is 0.142 e. The van der Waals surface area contributed by atoms with Crippen molar-refractivity contribution < 1.29 is 18.6 Å². The minimum atomic E-state index is -1.28. The van der Waals surface area contributed by atoms with Gasteiger partial charge in [0.2, 0.25) is 0 Å². The topological polar surface area (TPSA) is 39.7 Å². The summed E-state index contributed by atoms with van der Waals surface area (Å²) in [6.07, 6.45) is 2.77. The van der Waals surface area contributed by atoms with Crippen LogP contribution in [0.2, 0.25) is 5.02 Å². The summed E-state index contributed by atoms with van der Waals surface area (Å²) >= 11 is 6.23. The average Bonchev–Trinajstić information content (AvgIpc) is 2.96. The van der Waals surface area contributed by atoms with Crippen molar-refractivity contribution in [1.29, 1.82) is 0 Å². The standard InChI is InChI=1S/C31H37ClFNO3.C2H6/c1-5-30(3,33)24-8-6-23(7-9-24)14-17-34-26-11-13-28(22(2)20-26)37-31(15-18-36-19-16-31)27-12-10-25(32)21-29(27)35-4;1-2/h6-13,20-21,34H,5,14-19H2,1-4H3;1-2H3. The van der Waals surface area contributed by atoms with Crippen molar-refractivity contribution in [1.82, 2.24) is 0 Å². The van der Waals surface area contributed by atoms with Crippen molar-refractivity contribution in [2.24, 2.45) is 0 Å². The summed E-state index contributed by atoms with van der Waals surface area (Å²) in [7, 11) is 1.66. The van der Waals surface area contributed by atoms with E-state index in [-0.39, 0.29) is 0 Å². The van der Waals surface area contributed by atoms with Gasteiger partial charge in [0, 0.05) is 35.7 Å². The zero-order valence-corrected chi connectivity index (χ0v) is 25.0. The quantitative estimate of drug-likeness (QED) is 0.271. The summed E-state index contributed by atoms with van der Waals surface area (Å²) in [5.74, 6) is 1.56. The second-order valence-electron chi connectivity index (χ2n) is 9.96. The van der Waals surface area contributed by atoms with Gasteiger partial charge in [-0.2, -0.15) is 0 Å². The first-order valence-corrected chi connectivity index (χ1v) is 14.4. The molecule has 0 radical (unpaired) electrons. The molecule has 3 aromatic carbocycles. The van der Waals surface area contributed by atoms with Crippen LogP contribution < -0.4 is 14.8 Å². The molecule has 39 heavy (non-hydrogen) atoms. The fourth-order valence-corrected chi connectivity index (χ4v) is 4.99. The number of methoxy groups -OCH3 is 1. The van der Waals surface area contributed by atoms with E-state index in [9.17, 15) is 4.39 Å². The third kappa shape index (κ3) is 7.67. The number of ether oxygens (including phenoxy) is 3. The molecule has 1 heterocycles. The van der Waals surface area contributed by atoms with Crippen molar-refractivity contribution in [2.45, 2.75) is 71.6 Å². The average molecular weight is 556 g/mol. The number of benzene rings is 3. The summed E-state index contributed by atoms with van der Waals surface area (Å²) < 4.78 is 32.6. The van der Waals surface area contributed by atoms with Crippen molar-refractivity contribution in [3.05, 3.63) is 87.9 Å². The monoisotopic (exact) mass is 555 g/mol. The third-order valence-corrected chi connectivity index (χ3v) is 7.63. The van der Waals surface area contributed by atoms with Crippen molar-refractivity contribution in [3.8, 4) is 11.5 Å². The van der Waals surface area contributed by atoms with E-state index in [2.05, 4.69) is 18.3 Å². The van der Waals surface area contributed by atoms with Gasteiger partial charge in [0.25, 0.3) is 0 Å². The van der Waals surface area contributed by atoms with E-state index in [1.165, 1.54) is 5.56 Å². The highest BCUT2D eigenvalue weighted by Gasteiger charge is 2.39. The fraction of sp³-hybridized carbons (Fsp3) is 0.455. The number of alkyl halides is 1. The van der Waals surface area contributed by atoms with Crippen LogP contribution >= 0.6 is 11.6 Å². The van der Waals surface area contributed by atoms with Crippen molar-refractivity contribution in [2.75, 3.05) is 32.2 Å². The Morgan fingerprint density at radius 1 is 1.00 bits per heavy atom. The number of anilines is 1. The van der Waals surface area contributed by atoms with Crippen LogP contribution in [0.25, 0.3) is 0 Å². The van der Waals surface area contributed by atoms with Gasteiger partial charge in [0.1, 0.15) is 22.8 Å². The zero-order chi connectivity index (χ0) is 28.5. The van der Waals surface area contributed by atoms with Gasteiger partial charge in [-0.3, -0.25) is 0 Å². The Bertz CT molecular complexity index is 1190. The molecule has 1 unspecified atom stereocenters. The molecule has 0 amide bonds. The van der Waals surface area contributed by atoms with E-state index >= 15 is 0 Å². The third-order valence-electron chi connectivity index (χ3n) is 7.40. The molecule has 1 saturated heterocycles. The Kier molecular flexibility index (Phi) is 11.1. The highest BCUT2D eigenvalue weighted by molar-refractivity contribution is 6.30. The molecule has 212 valence electrons. The Labute approximate surface area is 238 Å². The van der Waals surface area contributed by atoms with Gasteiger partial charge in [-0.15, -0.1) is 0 Å². The minimum absolute atomic E-state index is 0.467. The van der Waals surface area contributed by atoms with Crippen molar-refractivity contribution >= 4 is 17.3 Å². The fourth-order valence-electron chi connectivity index (χ4n) is 4.83. The summed E-state index contributed by atoms with van der Waals surface area (Å²) in [4.78, 5) is 0. The van der Waals surface area contributed by atoms with Crippen LogP contribution in [-0.2, 0) is 22.4 Å². The Balaban J connectivity index is 0.00000205. The number of hydrogen-bond donors (Lipinski definition) is 1. The first kappa shape index (κ1) is 30.8. The molecule has 6 heteroatoms. The molecule has 1 N–H and O–H groups in total. The largest absolute Gasteiger partial charge is 0.496 e. The molecule has 1 fully saturated rings. The molecule has 0 spiro atoms. The molecule has 4 rings (SSSR count). The normalized spacial score (nSPS) is 15.9. The number of halogens is 2. The summed E-state index contributed by atoms with van der Waals surface area (Å²) in [6.45, 7) is 11.6. The van der Waals surface area contributed by atoms with Crippen LogP contribution in [0.3, 0.4) is 0 Å². The highest BCUT2D eigenvalue weighted by atomic mass is 35.5. The van der Waals surface area contributed by atoms with Gasteiger partial charge < -0.3 is 19.5 Å². The SMILES string of the molecule is CC.CCC(C)(F)c1ccc(CCNc2ccc(OC3(c4ccc(Cl)cc4OC)CCOCC3)c(C)c2)cc1. The van der Waals surface area contributed by atoms with Gasteiger partial charge in [-0.1, -0.05) is 56.6 Å². The predicted octanol–water partition coefficient (Wildman–Crippen LogP) is 9.02. The van der Waals surface area contributed by atoms with Gasteiger partial charge in [-0.05, 0) is 79.8 Å². The molecule has 1 aliphatic heterocycles. The summed E-state index contributed by atoms with van der Waals surface area (Å²) in [5, 5.41) is 4.13. The lowest BCUT2D eigenvalue weighted by Crippen LogP contribution is -2.39. The minimum Gasteiger partial charge on any atom is -0.496 e. The Hall–Kier alpha value is -2.76. The second-order valence-corrected chi connectivity index (χ2v) is 10.4.